The van der Waals surface area contributed by atoms with Crippen LogP contribution in [0.15, 0.2) is 36.4 Å². The predicted octanol–water partition coefficient (Wildman–Crippen LogP) is -0.269. The molecule has 1 aromatic carbocycles. The van der Waals surface area contributed by atoms with Crippen LogP contribution in [-0.2, 0) is 14.3 Å². The first-order valence-electron chi connectivity index (χ1n) is 7.09. The minimum absolute atomic E-state index is 0.241. The zero-order chi connectivity index (χ0) is 15.5. The molecule has 1 aromatic rings. The number of fused-ring (bicyclic) bond motifs is 1. The number of carbonyl (C=O) groups excluding carboxylic acids is 2. The fourth-order valence-electron chi connectivity index (χ4n) is 3.76. The first-order valence-corrected chi connectivity index (χ1v) is 7.09. The summed E-state index contributed by atoms with van der Waals surface area (Å²) in [5.74, 6) is -2.49. The van der Waals surface area contributed by atoms with E-state index in [1.54, 1.807) is 42.4 Å². The van der Waals surface area contributed by atoms with Crippen molar-refractivity contribution in [2.24, 2.45) is 11.8 Å². The third kappa shape index (κ3) is 1.58. The number of anilines is 1. The Morgan fingerprint density at radius 1 is 1.50 bits per heavy atom. The van der Waals surface area contributed by atoms with E-state index in [1.807, 2.05) is 6.08 Å². The number of carboxylic acids is 1. The molecule has 0 saturated carbocycles. The minimum Gasteiger partial charge on any atom is -0.550 e. The largest absolute Gasteiger partial charge is 0.550 e. The summed E-state index contributed by atoms with van der Waals surface area (Å²) in [5.41, 5.74) is -0.180. The smallest absolute Gasteiger partial charge is 0.234 e. The van der Waals surface area contributed by atoms with Gasteiger partial charge in [0.25, 0.3) is 0 Å². The van der Waals surface area contributed by atoms with Crippen molar-refractivity contribution < 1.29 is 24.2 Å². The van der Waals surface area contributed by atoms with Crippen molar-refractivity contribution in [3.63, 3.8) is 0 Å². The SMILES string of the molecule is COc1cccc(N2C[C@@]34C=C[C@@H](O3)[C@H](C(=O)[O-])[C@@H]4C2=O)c1. The summed E-state index contributed by atoms with van der Waals surface area (Å²) >= 11 is 0. The molecule has 2 fully saturated rings. The Morgan fingerprint density at radius 2 is 2.32 bits per heavy atom. The molecule has 0 N–H and O–H groups in total. The van der Waals surface area contributed by atoms with E-state index in [0.717, 1.165) is 0 Å². The van der Waals surface area contributed by atoms with Crippen molar-refractivity contribution in [1.29, 1.82) is 0 Å². The molecule has 6 nitrogen and oxygen atoms in total. The van der Waals surface area contributed by atoms with Crippen molar-refractivity contribution in [2.45, 2.75) is 11.7 Å². The third-order valence-electron chi connectivity index (χ3n) is 4.74. The Kier molecular flexibility index (Phi) is 2.62. The topological polar surface area (TPSA) is 78.9 Å². The van der Waals surface area contributed by atoms with Crippen LogP contribution in [0.5, 0.6) is 5.75 Å². The average Bonchev–Trinajstić information content (AvgIpc) is 3.15. The number of nitrogens with zero attached hydrogens (tertiary/aromatic N) is 1. The van der Waals surface area contributed by atoms with Gasteiger partial charge in [-0.3, -0.25) is 4.79 Å². The fraction of sp³-hybridized carbons (Fsp3) is 0.375. The Morgan fingerprint density at radius 3 is 3.05 bits per heavy atom. The van der Waals surface area contributed by atoms with Gasteiger partial charge in [-0.15, -0.1) is 0 Å². The molecule has 3 heterocycles. The van der Waals surface area contributed by atoms with Crippen LogP contribution in [0.25, 0.3) is 0 Å². The van der Waals surface area contributed by atoms with Gasteiger partial charge in [0.05, 0.1) is 25.7 Å². The second-order valence-electron chi connectivity index (χ2n) is 5.84. The molecule has 22 heavy (non-hydrogen) atoms. The van der Waals surface area contributed by atoms with Gasteiger partial charge in [0, 0.05) is 23.6 Å². The lowest BCUT2D eigenvalue weighted by atomic mass is 9.77. The number of benzene rings is 1. The second-order valence-corrected chi connectivity index (χ2v) is 5.84. The van der Waals surface area contributed by atoms with Crippen molar-refractivity contribution in [3.05, 3.63) is 36.4 Å². The summed E-state index contributed by atoms with van der Waals surface area (Å²) in [7, 11) is 1.55. The van der Waals surface area contributed by atoms with Gasteiger partial charge in [-0.1, -0.05) is 18.2 Å². The number of carboxylic acid groups (broad SMARTS) is 1. The maximum Gasteiger partial charge on any atom is 0.234 e. The fourth-order valence-corrected chi connectivity index (χ4v) is 3.76. The Hall–Kier alpha value is -2.34. The summed E-state index contributed by atoms with van der Waals surface area (Å²) in [4.78, 5) is 25.7. The molecule has 3 aliphatic heterocycles. The van der Waals surface area contributed by atoms with Gasteiger partial charge in [-0.2, -0.15) is 0 Å². The van der Waals surface area contributed by atoms with E-state index < -0.39 is 29.5 Å². The van der Waals surface area contributed by atoms with E-state index in [-0.39, 0.29) is 5.91 Å². The minimum atomic E-state index is -1.23. The van der Waals surface area contributed by atoms with Gasteiger partial charge in [0.1, 0.15) is 11.4 Å². The zero-order valence-electron chi connectivity index (χ0n) is 11.9. The number of carbonyl (C=O) groups is 2. The van der Waals surface area contributed by atoms with Crippen LogP contribution < -0.4 is 14.7 Å². The van der Waals surface area contributed by atoms with E-state index in [9.17, 15) is 14.7 Å². The van der Waals surface area contributed by atoms with E-state index in [0.29, 0.717) is 18.0 Å². The molecule has 114 valence electrons. The Bertz CT molecular complexity index is 700. The van der Waals surface area contributed by atoms with Gasteiger partial charge < -0.3 is 24.3 Å². The summed E-state index contributed by atoms with van der Waals surface area (Å²) in [6.45, 7) is 0.306. The first-order chi connectivity index (χ1) is 10.6. The lowest BCUT2D eigenvalue weighted by molar-refractivity contribution is -0.313. The molecule has 0 aliphatic carbocycles. The Labute approximate surface area is 126 Å². The van der Waals surface area contributed by atoms with Crippen LogP contribution >= 0.6 is 0 Å². The van der Waals surface area contributed by atoms with Crippen LogP contribution in [-0.4, -0.2) is 37.2 Å². The highest BCUT2D eigenvalue weighted by atomic mass is 16.5. The van der Waals surface area contributed by atoms with Crippen LogP contribution in [0.4, 0.5) is 5.69 Å². The number of rotatable bonds is 3. The van der Waals surface area contributed by atoms with Crippen LogP contribution in [0.2, 0.25) is 0 Å². The van der Waals surface area contributed by atoms with Crippen molar-refractivity contribution in [1.82, 2.24) is 0 Å². The standard InChI is InChI=1S/C16H15NO5/c1-21-10-4-2-3-9(7-10)17-8-16-6-5-11(22-16)12(15(19)20)13(16)14(17)18/h2-7,11-13H,8H2,1H3,(H,19,20)/p-1/t11-,12+,13-,16-/m1/s1. The quantitative estimate of drug-likeness (QED) is 0.718. The van der Waals surface area contributed by atoms with Gasteiger partial charge in [-0.05, 0) is 12.1 Å². The summed E-state index contributed by atoms with van der Waals surface area (Å²) < 4.78 is 11.0. The predicted molar refractivity (Wildman–Crippen MR) is 74.1 cm³/mol. The molecule has 3 aliphatic rings. The number of hydrogen-bond donors (Lipinski definition) is 0. The number of hydrogen-bond acceptors (Lipinski definition) is 5. The van der Waals surface area contributed by atoms with E-state index in [2.05, 4.69) is 0 Å². The number of methoxy groups -OCH3 is 1. The van der Waals surface area contributed by atoms with Crippen molar-refractivity contribution >= 4 is 17.6 Å². The summed E-state index contributed by atoms with van der Waals surface area (Å²) in [6.07, 6.45) is 2.98. The number of aliphatic carboxylic acids is 1. The number of amides is 1. The molecule has 1 amide bonds. The summed E-state index contributed by atoms with van der Waals surface area (Å²) in [6, 6.07) is 7.12. The molecular weight excluding hydrogens is 286 g/mol. The normalized spacial score (nSPS) is 35.0. The molecule has 1 spiro atoms. The second kappa shape index (κ2) is 4.33. The van der Waals surface area contributed by atoms with E-state index in [4.69, 9.17) is 9.47 Å². The van der Waals surface area contributed by atoms with Crippen LogP contribution in [0.1, 0.15) is 0 Å². The molecular formula is C16H14NO5-. The first kappa shape index (κ1) is 13.3. The lowest BCUT2D eigenvalue weighted by Gasteiger charge is -2.24. The van der Waals surface area contributed by atoms with Gasteiger partial charge in [0.2, 0.25) is 5.91 Å². The maximum absolute atomic E-state index is 12.8. The maximum atomic E-state index is 12.8. The highest BCUT2D eigenvalue weighted by Gasteiger charge is 2.65. The zero-order valence-corrected chi connectivity index (χ0v) is 11.9. The highest BCUT2D eigenvalue weighted by Crippen LogP contribution is 2.52. The third-order valence-corrected chi connectivity index (χ3v) is 4.74. The molecule has 0 aromatic heterocycles. The number of ether oxygens (including phenoxy) is 2. The molecule has 2 saturated heterocycles. The molecule has 6 heteroatoms. The molecule has 4 rings (SSSR count). The lowest BCUT2D eigenvalue weighted by Crippen LogP contribution is -2.45. The van der Waals surface area contributed by atoms with Crippen LogP contribution in [0.3, 0.4) is 0 Å². The van der Waals surface area contributed by atoms with Crippen molar-refractivity contribution in [3.8, 4) is 5.75 Å². The van der Waals surface area contributed by atoms with Gasteiger partial charge in [-0.25, -0.2) is 0 Å². The molecule has 0 unspecified atom stereocenters. The van der Waals surface area contributed by atoms with E-state index >= 15 is 0 Å². The van der Waals surface area contributed by atoms with Crippen LogP contribution in [0, 0.1) is 11.8 Å². The summed E-state index contributed by atoms with van der Waals surface area (Å²) in [5, 5.41) is 11.4. The highest BCUT2D eigenvalue weighted by molar-refractivity contribution is 6.02. The van der Waals surface area contributed by atoms with Gasteiger partial charge >= 0.3 is 0 Å². The molecule has 4 atom stereocenters. The molecule has 2 bridgehead atoms. The van der Waals surface area contributed by atoms with Crippen molar-refractivity contribution in [2.75, 3.05) is 18.6 Å². The average molecular weight is 300 g/mol. The van der Waals surface area contributed by atoms with Gasteiger partial charge in [0.15, 0.2) is 0 Å². The van der Waals surface area contributed by atoms with E-state index in [1.165, 1.54) is 0 Å². The Balaban J connectivity index is 1.73. The monoisotopic (exact) mass is 300 g/mol. The molecule has 0 radical (unpaired) electrons.